The Bertz CT molecular complexity index is 859. The molecular formula is C20H16N2. The van der Waals surface area contributed by atoms with E-state index in [0.29, 0.717) is 5.56 Å². The maximum Gasteiger partial charge on any atom is 0.0991 e. The highest BCUT2D eigenvalue weighted by Crippen LogP contribution is 2.32. The van der Waals surface area contributed by atoms with Crippen molar-refractivity contribution in [2.45, 2.75) is 13.8 Å². The fraction of sp³-hybridized carbons (Fsp3) is 0.100. The number of rotatable bonds is 2. The van der Waals surface area contributed by atoms with Crippen LogP contribution < -0.4 is 0 Å². The zero-order valence-electron chi connectivity index (χ0n) is 12.7. The quantitative estimate of drug-likeness (QED) is 0.670. The van der Waals surface area contributed by atoms with E-state index < -0.39 is 0 Å². The molecule has 0 saturated carbocycles. The molecule has 0 amide bonds. The van der Waals surface area contributed by atoms with Gasteiger partial charge in [0.05, 0.1) is 17.3 Å². The van der Waals surface area contributed by atoms with E-state index in [-0.39, 0.29) is 0 Å². The maximum absolute atomic E-state index is 9.01. The van der Waals surface area contributed by atoms with E-state index in [0.717, 1.165) is 22.4 Å². The highest BCUT2D eigenvalue weighted by atomic mass is 14.7. The van der Waals surface area contributed by atoms with Crippen LogP contribution in [-0.2, 0) is 0 Å². The number of hydrogen-bond donors (Lipinski definition) is 0. The lowest BCUT2D eigenvalue weighted by Crippen LogP contribution is -1.92. The van der Waals surface area contributed by atoms with Crippen molar-refractivity contribution in [2.24, 2.45) is 0 Å². The third kappa shape index (κ3) is 2.49. The molecule has 1 heterocycles. The van der Waals surface area contributed by atoms with Crippen LogP contribution in [0.2, 0.25) is 0 Å². The van der Waals surface area contributed by atoms with E-state index in [9.17, 15) is 0 Å². The Kier molecular flexibility index (Phi) is 3.72. The second kappa shape index (κ2) is 5.83. The Morgan fingerprint density at radius 2 is 1.68 bits per heavy atom. The number of aryl methyl sites for hydroxylation is 1. The van der Waals surface area contributed by atoms with Crippen LogP contribution in [0.25, 0.3) is 22.4 Å². The van der Waals surface area contributed by atoms with Gasteiger partial charge in [0.25, 0.3) is 0 Å². The average Bonchev–Trinajstić information content (AvgIpc) is 2.56. The first-order valence-corrected chi connectivity index (χ1v) is 7.23. The topological polar surface area (TPSA) is 36.7 Å². The predicted octanol–water partition coefficient (Wildman–Crippen LogP) is 4.90. The predicted molar refractivity (Wildman–Crippen MR) is 89.3 cm³/mol. The van der Waals surface area contributed by atoms with Gasteiger partial charge in [0, 0.05) is 11.8 Å². The van der Waals surface area contributed by atoms with Crippen molar-refractivity contribution in [3.05, 3.63) is 77.5 Å². The van der Waals surface area contributed by atoms with Crippen molar-refractivity contribution in [3.63, 3.8) is 0 Å². The summed E-state index contributed by atoms with van der Waals surface area (Å²) in [4.78, 5) is 4.45. The van der Waals surface area contributed by atoms with E-state index in [2.05, 4.69) is 36.2 Å². The fourth-order valence-electron chi connectivity index (χ4n) is 2.76. The number of nitrogens with zero attached hydrogens (tertiary/aromatic N) is 2. The van der Waals surface area contributed by atoms with Gasteiger partial charge < -0.3 is 0 Å². The minimum Gasteiger partial charge on any atom is -0.256 e. The first-order valence-electron chi connectivity index (χ1n) is 7.23. The Morgan fingerprint density at radius 3 is 2.36 bits per heavy atom. The van der Waals surface area contributed by atoms with Gasteiger partial charge in [-0.15, -0.1) is 0 Å². The lowest BCUT2D eigenvalue weighted by atomic mass is 9.92. The van der Waals surface area contributed by atoms with Gasteiger partial charge in [-0.2, -0.15) is 5.26 Å². The van der Waals surface area contributed by atoms with Crippen LogP contribution >= 0.6 is 0 Å². The molecular weight excluding hydrogens is 268 g/mol. The molecule has 22 heavy (non-hydrogen) atoms. The van der Waals surface area contributed by atoms with Gasteiger partial charge in [0.15, 0.2) is 0 Å². The van der Waals surface area contributed by atoms with Gasteiger partial charge in [-0.1, -0.05) is 30.3 Å². The molecule has 0 bridgehead atoms. The molecule has 106 valence electrons. The first kappa shape index (κ1) is 14.0. The Morgan fingerprint density at radius 1 is 0.864 bits per heavy atom. The maximum atomic E-state index is 9.01. The largest absolute Gasteiger partial charge is 0.256 e. The second-order valence-corrected chi connectivity index (χ2v) is 5.33. The van der Waals surface area contributed by atoms with E-state index in [1.54, 1.807) is 0 Å². The molecule has 0 unspecified atom stereocenters. The summed E-state index contributed by atoms with van der Waals surface area (Å²) < 4.78 is 0. The number of pyridine rings is 1. The SMILES string of the molecule is Cc1cc(C#N)ccc1-c1cccc(-c2ccccn2)c1C. The lowest BCUT2D eigenvalue weighted by molar-refractivity contribution is 1.30. The molecule has 0 fully saturated rings. The summed E-state index contributed by atoms with van der Waals surface area (Å²) in [6.45, 7) is 4.17. The Balaban J connectivity index is 2.16. The lowest BCUT2D eigenvalue weighted by Gasteiger charge is -2.13. The van der Waals surface area contributed by atoms with Crippen molar-refractivity contribution in [1.29, 1.82) is 5.26 Å². The molecule has 0 N–H and O–H groups in total. The summed E-state index contributed by atoms with van der Waals surface area (Å²) in [5.41, 5.74) is 7.48. The van der Waals surface area contributed by atoms with Crippen LogP contribution in [0.5, 0.6) is 0 Å². The van der Waals surface area contributed by atoms with Gasteiger partial charge in [-0.3, -0.25) is 4.98 Å². The minimum atomic E-state index is 0.694. The van der Waals surface area contributed by atoms with E-state index in [4.69, 9.17) is 5.26 Å². The molecule has 0 radical (unpaired) electrons. The Labute approximate surface area is 130 Å². The van der Waals surface area contributed by atoms with Crippen LogP contribution in [-0.4, -0.2) is 4.98 Å². The molecule has 0 aliphatic rings. The minimum absolute atomic E-state index is 0.694. The van der Waals surface area contributed by atoms with E-state index in [1.165, 1.54) is 11.1 Å². The molecule has 2 heteroatoms. The summed E-state index contributed by atoms with van der Waals surface area (Å²) in [7, 11) is 0. The van der Waals surface area contributed by atoms with Gasteiger partial charge in [0.2, 0.25) is 0 Å². The molecule has 0 aliphatic carbocycles. The standard InChI is InChI=1S/C20H16N2/c1-14-12-16(13-21)9-10-17(14)18-6-5-7-19(15(18)2)20-8-3-4-11-22-20/h3-12H,1-2H3. The van der Waals surface area contributed by atoms with E-state index in [1.807, 2.05) is 49.5 Å². The number of nitriles is 1. The summed E-state index contributed by atoms with van der Waals surface area (Å²) in [6, 6.07) is 20.2. The zero-order chi connectivity index (χ0) is 15.5. The van der Waals surface area contributed by atoms with Crippen molar-refractivity contribution >= 4 is 0 Å². The molecule has 0 saturated heterocycles. The third-order valence-corrected chi connectivity index (χ3v) is 3.92. The van der Waals surface area contributed by atoms with Crippen molar-refractivity contribution in [3.8, 4) is 28.5 Å². The smallest absolute Gasteiger partial charge is 0.0991 e. The van der Waals surface area contributed by atoms with Crippen molar-refractivity contribution < 1.29 is 0 Å². The molecule has 2 nitrogen and oxygen atoms in total. The number of hydrogen-bond acceptors (Lipinski definition) is 2. The highest BCUT2D eigenvalue weighted by Gasteiger charge is 2.10. The van der Waals surface area contributed by atoms with Crippen molar-refractivity contribution in [1.82, 2.24) is 4.98 Å². The summed E-state index contributed by atoms with van der Waals surface area (Å²) in [6.07, 6.45) is 1.81. The van der Waals surface area contributed by atoms with Crippen LogP contribution in [0, 0.1) is 25.2 Å². The Hall–Kier alpha value is -2.92. The van der Waals surface area contributed by atoms with Crippen LogP contribution in [0.3, 0.4) is 0 Å². The molecule has 0 atom stereocenters. The van der Waals surface area contributed by atoms with Gasteiger partial charge in [-0.25, -0.2) is 0 Å². The fourth-order valence-corrected chi connectivity index (χ4v) is 2.76. The molecule has 3 rings (SSSR count). The summed E-state index contributed by atoms with van der Waals surface area (Å²) >= 11 is 0. The monoisotopic (exact) mass is 284 g/mol. The normalized spacial score (nSPS) is 10.2. The molecule has 3 aromatic rings. The van der Waals surface area contributed by atoms with Crippen LogP contribution in [0.1, 0.15) is 16.7 Å². The number of benzene rings is 2. The summed E-state index contributed by atoms with van der Waals surface area (Å²) in [5.74, 6) is 0. The number of aromatic nitrogens is 1. The van der Waals surface area contributed by atoms with E-state index >= 15 is 0 Å². The molecule has 1 aromatic heterocycles. The van der Waals surface area contributed by atoms with Crippen molar-refractivity contribution in [2.75, 3.05) is 0 Å². The van der Waals surface area contributed by atoms with Gasteiger partial charge in [-0.05, 0) is 60.4 Å². The van der Waals surface area contributed by atoms with Crippen LogP contribution in [0.15, 0.2) is 60.8 Å². The second-order valence-electron chi connectivity index (χ2n) is 5.33. The van der Waals surface area contributed by atoms with Crippen LogP contribution in [0.4, 0.5) is 0 Å². The average molecular weight is 284 g/mol. The van der Waals surface area contributed by atoms with Gasteiger partial charge in [0.1, 0.15) is 0 Å². The molecule has 0 spiro atoms. The summed E-state index contributed by atoms with van der Waals surface area (Å²) in [5, 5.41) is 9.01. The first-order chi connectivity index (χ1) is 10.7. The highest BCUT2D eigenvalue weighted by molar-refractivity contribution is 5.78. The molecule has 0 aliphatic heterocycles. The third-order valence-electron chi connectivity index (χ3n) is 3.92. The van der Waals surface area contributed by atoms with Gasteiger partial charge >= 0.3 is 0 Å². The molecule has 2 aromatic carbocycles. The zero-order valence-corrected chi connectivity index (χ0v) is 12.7.